The number of hydrogen-bond acceptors (Lipinski definition) is 3. The van der Waals surface area contributed by atoms with E-state index in [4.69, 9.17) is 4.74 Å². The van der Waals surface area contributed by atoms with Gasteiger partial charge in [-0.25, -0.2) is 0 Å². The van der Waals surface area contributed by atoms with Crippen LogP contribution in [-0.4, -0.2) is 12.6 Å². The van der Waals surface area contributed by atoms with Crippen LogP contribution in [0.5, 0.6) is 5.75 Å². The van der Waals surface area contributed by atoms with Crippen LogP contribution in [0.25, 0.3) is 16.7 Å². The molecule has 0 amide bonds. The number of rotatable bonds is 6. The molecule has 0 bridgehead atoms. The minimum atomic E-state index is -0.0578. The van der Waals surface area contributed by atoms with Gasteiger partial charge in [0.25, 0.3) is 0 Å². The number of allylic oxidation sites excluding steroid dienone is 1. The minimum Gasteiger partial charge on any atom is -0.496 e. The topological polar surface area (TPSA) is 33.3 Å². The van der Waals surface area contributed by atoms with Gasteiger partial charge >= 0.3 is 0 Å². The Labute approximate surface area is 179 Å². The first-order valence-corrected chi connectivity index (χ1v) is 10.5. The van der Waals surface area contributed by atoms with E-state index in [9.17, 15) is 0 Å². The summed E-state index contributed by atoms with van der Waals surface area (Å²) in [7, 11) is 1.74. The minimum absolute atomic E-state index is 0.0578. The monoisotopic (exact) mass is 398 g/mol. The van der Waals surface area contributed by atoms with E-state index in [-0.39, 0.29) is 5.54 Å². The van der Waals surface area contributed by atoms with E-state index in [1.165, 1.54) is 33.5 Å². The van der Waals surface area contributed by atoms with E-state index in [0.29, 0.717) is 0 Å². The van der Waals surface area contributed by atoms with Gasteiger partial charge < -0.3 is 15.4 Å². The number of methoxy groups -OCH3 is 1. The van der Waals surface area contributed by atoms with Gasteiger partial charge in [0.1, 0.15) is 5.75 Å². The number of anilines is 1. The zero-order valence-electron chi connectivity index (χ0n) is 18.3. The zero-order valence-corrected chi connectivity index (χ0v) is 18.3. The molecule has 0 atom stereocenters. The molecule has 3 heteroatoms. The maximum absolute atomic E-state index is 5.68. The van der Waals surface area contributed by atoms with Gasteiger partial charge in [-0.1, -0.05) is 60.7 Å². The van der Waals surface area contributed by atoms with Gasteiger partial charge in [-0.2, -0.15) is 0 Å². The van der Waals surface area contributed by atoms with Crippen molar-refractivity contribution in [3.05, 3.63) is 89.5 Å². The summed E-state index contributed by atoms with van der Waals surface area (Å²) in [6, 6.07) is 23.2. The van der Waals surface area contributed by atoms with Crippen molar-refractivity contribution in [3.8, 4) is 16.9 Å². The van der Waals surface area contributed by atoms with Crippen molar-refractivity contribution in [2.75, 3.05) is 12.4 Å². The molecule has 0 saturated carbocycles. The van der Waals surface area contributed by atoms with Crippen LogP contribution in [0, 0.1) is 0 Å². The van der Waals surface area contributed by atoms with Crippen molar-refractivity contribution in [1.29, 1.82) is 0 Å². The summed E-state index contributed by atoms with van der Waals surface area (Å²) in [4.78, 5) is 0. The molecule has 1 heterocycles. The molecule has 0 spiro atoms. The van der Waals surface area contributed by atoms with Crippen molar-refractivity contribution in [3.63, 3.8) is 0 Å². The normalized spacial score (nSPS) is 14.5. The highest BCUT2D eigenvalue weighted by Gasteiger charge is 2.26. The van der Waals surface area contributed by atoms with Crippen LogP contribution in [-0.2, 0) is 13.1 Å². The van der Waals surface area contributed by atoms with Crippen molar-refractivity contribution in [1.82, 2.24) is 5.32 Å². The van der Waals surface area contributed by atoms with Gasteiger partial charge in [0.15, 0.2) is 0 Å². The Morgan fingerprint density at radius 3 is 2.37 bits per heavy atom. The van der Waals surface area contributed by atoms with Crippen LogP contribution in [0.3, 0.4) is 0 Å². The molecule has 154 valence electrons. The third kappa shape index (κ3) is 4.12. The Balaban J connectivity index is 1.78. The standard InChI is InChI=1S/C27H30N2O/c1-19-16-27(2,3)29-24-15-14-21(22-12-8-9-13-25(22)30-4)23(26(19)24)18-28-17-20-10-6-5-7-11-20/h5-16,28-29H,17-18H2,1-4H3. The van der Waals surface area contributed by atoms with Gasteiger partial charge in [-0.05, 0) is 55.2 Å². The van der Waals surface area contributed by atoms with E-state index in [2.05, 4.69) is 92.1 Å². The second-order valence-corrected chi connectivity index (χ2v) is 8.48. The summed E-state index contributed by atoms with van der Waals surface area (Å²) in [5.74, 6) is 0.896. The Morgan fingerprint density at radius 2 is 1.60 bits per heavy atom. The summed E-state index contributed by atoms with van der Waals surface area (Å²) < 4.78 is 5.68. The molecule has 0 aliphatic carbocycles. The number of hydrogen-bond donors (Lipinski definition) is 2. The molecular weight excluding hydrogens is 368 g/mol. The van der Waals surface area contributed by atoms with Crippen molar-refractivity contribution < 1.29 is 4.74 Å². The molecule has 4 rings (SSSR count). The smallest absolute Gasteiger partial charge is 0.126 e. The SMILES string of the molecule is COc1ccccc1-c1ccc2c(c1CNCc1ccccc1)C(C)=CC(C)(C)N2. The van der Waals surface area contributed by atoms with Gasteiger partial charge in [0.05, 0.1) is 12.6 Å². The van der Waals surface area contributed by atoms with Crippen LogP contribution in [0.4, 0.5) is 5.69 Å². The van der Waals surface area contributed by atoms with Crippen LogP contribution in [0.2, 0.25) is 0 Å². The van der Waals surface area contributed by atoms with E-state index < -0.39 is 0 Å². The molecule has 0 fully saturated rings. The number of fused-ring (bicyclic) bond motifs is 1. The molecule has 3 nitrogen and oxygen atoms in total. The number of benzene rings is 3. The molecule has 3 aromatic carbocycles. The number of nitrogens with one attached hydrogen (secondary N) is 2. The number of para-hydroxylation sites is 1. The Kier molecular flexibility index (Phi) is 5.65. The molecular formula is C27H30N2O. The maximum Gasteiger partial charge on any atom is 0.126 e. The van der Waals surface area contributed by atoms with Crippen LogP contribution >= 0.6 is 0 Å². The first-order valence-electron chi connectivity index (χ1n) is 10.5. The van der Waals surface area contributed by atoms with Gasteiger partial charge in [0, 0.05) is 29.9 Å². The highest BCUT2D eigenvalue weighted by molar-refractivity contribution is 5.88. The van der Waals surface area contributed by atoms with Crippen LogP contribution in [0.1, 0.15) is 37.5 Å². The summed E-state index contributed by atoms with van der Waals surface area (Å²) in [6.45, 7) is 8.24. The van der Waals surface area contributed by atoms with Crippen molar-refractivity contribution in [2.45, 2.75) is 39.4 Å². The predicted octanol–water partition coefficient (Wildman–Crippen LogP) is 6.26. The van der Waals surface area contributed by atoms with E-state index in [1.807, 2.05) is 12.1 Å². The summed E-state index contributed by atoms with van der Waals surface area (Å²) in [5, 5.41) is 7.35. The molecule has 1 aliphatic heterocycles. The Hall–Kier alpha value is -3.04. The lowest BCUT2D eigenvalue weighted by Gasteiger charge is -2.33. The van der Waals surface area contributed by atoms with Gasteiger partial charge in [0.2, 0.25) is 0 Å². The second kappa shape index (κ2) is 8.37. The summed E-state index contributed by atoms with van der Waals surface area (Å²) in [6.07, 6.45) is 2.32. The first-order chi connectivity index (χ1) is 14.5. The quantitative estimate of drug-likeness (QED) is 0.514. The lowest BCUT2D eigenvalue weighted by molar-refractivity contribution is 0.416. The third-order valence-corrected chi connectivity index (χ3v) is 5.61. The molecule has 2 N–H and O–H groups in total. The van der Waals surface area contributed by atoms with Crippen molar-refractivity contribution in [2.24, 2.45) is 0 Å². The first kappa shape index (κ1) is 20.2. The average molecular weight is 399 g/mol. The molecule has 0 unspecified atom stereocenters. The van der Waals surface area contributed by atoms with Gasteiger partial charge in [-0.3, -0.25) is 0 Å². The van der Waals surface area contributed by atoms with Gasteiger partial charge in [-0.15, -0.1) is 0 Å². The fourth-order valence-electron chi connectivity index (χ4n) is 4.43. The van der Waals surface area contributed by atoms with E-state index >= 15 is 0 Å². The molecule has 3 aromatic rings. The van der Waals surface area contributed by atoms with E-state index in [1.54, 1.807) is 7.11 Å². The molecule has 30 heavy (non-hydrogen) atoms. The lowest BCUT2D eigenvalue weighted by atomic mass is 9.85. The zero-order chi connectivity index (χ0) is 21.1. The molecule has 1 aliphatic rings. The molecule has 0 saturated heterocycles. The second-order valence-electron chi connectivity index (χ2n) is 8.48. The van der Waals surface area contributed by atoms with Crippen LogP contribution in [0.15, 0.2) is 72.8 Å². The third-order valence-electron chi connectivity index (χ3n) is 5.61. The fourth-order valence-corrected chi connectivity index (χ4v) is 4.43. The van der Waals surface area contributed by atoms with Crippen LogP contribution < -0.4 is 15.4 Å². The highest BCUT2D eigenvalue weighted by Crippen LogP contribution is 2.42. The lowest BCUT2D eigenvalue weighted by Crippen LogP contribution is -2.32. The fraction of sp³-hybridized carbons (Fsp3) is 0.259. The van der Waals surface area contributed by atoms with Crippen molar-refractivity contribution >= 4 is 11.3 Å². The van der Waals surface area contributed by atoms with E-state index in [0.717, 1.165) is 24.4 Å². The number of ether oxygens (including phenoxy) is 1. The average Bonchev–Trinajstić information content (AvgIpc) is 2.73. The maximum atomic E-state index is 5.68. The molecule has 0 aromatic heterocycles. The Morgan fingerprint density at radius 1 is 0.867 bits per heavy atom. The largest absolute Gasteiger partial charge is 0.496 e. The summed E-state index contributed by atoms with van der Waals surface area (Å²) >= 11 is 0. The summed E-state index contributed by atoms with van der Waals surface area (Å²) in [5.41, 5.74) is 8.64. The predicted molar refractivity (Wildman–Crippen MR) is 127 cm³/mol. The molecule has 0 radical (unpaired) electrons. The highest BCUT2D eigenvalue weighted by atomic mass is 16.5. The Bertz CT molecular complexity index is 1070.